The minimum atomic E-state index is 0.143. The van der Waals surface area contributed by atoms with Crippen molar-refractivity contribution < 1.29 is 4.79 Å². The van der Waals surface area contributed by atoms with Gasteiger partial charge in [0.05, 0.1) is 22.1 Å². The number of fused-ring (bicyclic) bond motifs is 1. The van der Waals surface area contributed by atoms with Crippen molar-refractivity contribution in [1.29, 1.82) is 0 Å². The number of hydrogen-bond donors (Lipinski definition) is 0. The van der Waals surface area contributed by atoms with Crippen LogP contribution in [0.3, 0.4) is 0 Å². The van der Waals surface area contributed by atoms with E-state index in [-0.39, 0.29) is 5.91 Å². The fourth-order valence-electron chi connectivity index (χ4n) is 3.15. The predicted molar refractivity (Wildman–Crippen MR) is 101 cm³/mol. The van der Waals surface area contributed by atoms with Crippen LogP contribution in [0.4, 0.5) is 5.82 Å². The van der Waals surface area contributed by atoms with Gasteiger partial charge in [0.15, 0.2) is 0 Å². The lowest BCUT2D eigenvalue weighted by Crippen LogP contribution is -2.35. The Morgan fingerprint density at radius 1 is 1.04 bits per heavy atom. The van der Waals surface area contributed by atoms with E-state index in [9.17, 15) is 4.79 Å². The molecule has 1 amide bonds. The van der Waals surface area contributed by atoms with Crippen LogP contribution in [0.5, 0.6) is 0 Å². The third kappa shape index (κ3) is 3.35. The highest BCUT2D eigenvalue weighted by Crippen LogP contribution is 2.20. The number of benzene rings is 1. The first-order valence-corrected chi connectivity index (χ1v) is 9.35. The van der Waals surface area contributed by atoms with E-state index >= 15 is 0 Å². The quantitative estimate of drug-likeness (QED) is 0.710. The van der Waals surface area contributed by atoms with Crippen LogP contribution in [0, 0.1) is 6.92 Å². The van der Waals surface area contributed by atoms with Crippen molar-refractivity contribution in [2.75, 3.05) is 31.1 Å². The third-order valence-corrected chi connectivity index (χ3v) is 5.48. The molecule has 1 saturated heterocycles. The maximum Gasteiger partial charge on any atom is 0.263 e. The number of aryl methyl sites for hydroxylation is 1. The molecule has 1 fully saturated rings. The molecule has 0 unspecified atom stereocenters. The van der Waals surface area contributed by atoms with Crippen LogP contribution < -0.4 is 4.90 Å². The molecule has 3 aromatic rings. The summed E-state index contributed by atoms with van der Waals surface area (Å²) >= 11 is 1.57. The van der Waals surface area contributed by atoms with Gasteiger partial charge in [0.1, 0.15) is 5.82 Å². The molecule has 3 heterocycles. The van der Waals surface area contributed by atoms with E-state index in [0.717, 1.165) is 47.8 Å². The van der Waals surface area contributed by atoms with Gasteiger partial charge in [-0.1, -0.05) is 12.1 Å². The maximum absolute atomic E-state index is 12.7. The van der Waals surface area contributed by atoms with Gasteiger partial charge in [0, 0.05) is 31.1 Å². The lowest BCUT2D eigenvalue weighted by atomic mass is 10.3. The van der Waals surface area contributed by atoms with Gasteiger partial charge in [-0.3, -0.25) is 9.78 Å². The van der Waals surface area contributed by atoms with E-state index in [1.54, 1.807) is 11.3 Å². The Hall–Kier alpha value is -2.47. The van der Waals surface area contributed by atoms with Crippen molar-refractivity contribution >= 4 is 34.1 Å². The molecular formula is C19H20N4OS. The molecule has 25 heavy (non-hydrogen) atoms. The second kappa shape index (κ2) is 6.80. The highest BCUT2D eigenvalue weighted by atomic mass is 32.1. The van der Waals surface area contributed by atoms with Crippen molar-refractivity contribution in [2.45, 2.75) is 13.3 Å². The van der Waals surface area contributed by atoms with Crippen molar-refractivity contribution in [3.63, 3.8) is 0 Å². The van der Waals surface area contributed by atoms with E-state index in [4.69, 9.17) is 4.98 Å². The SMILES string of the molecule is Cc1ccc(C(=O)N2CCCN(c3cnc4ccccc4n3)CC2)s1. The summed E-state index contributed by atoms with van der Waals surface area (Å²) in [6, 6.07) is 11.8. The molecule has 0 radical (unpaired) electrons. The Bertz CT molecular complexity index is 907. The molecular weight excluding hydrogens is 332 g/mol. The number of aromatic nitrogens is 2. The summed E-state index contributed by atoms with van der Waals surface area (Å²) in [6.45, 7) is 5.20. The Kier molecular flexibility index (Phi) is 4.36. The summed E-state index contributed by atoms with van der Waals surface area (Å²) in [5.41, 5.74) is 1.82. The fraction of sp³-hybridized carbons (Fsp3) is 0.316. The highest BCUT2D eigenvalue weighted by molar-refractivity contribution is 7.13. The number of carbonyl (C=O) groups excluding carboxylic acids is 1. The number of para-hydroxylation sites is 2. The average Bonchev–Trinajstić information content (AvgIpc) is 2.93. The number of hydrogen-bond acceptors (Lipinski definition) is 5. The Balaban J connectivity index is 1.49. The van der Waals surface area contributed by atoms with E-state index in [2.05, 4.69) is 9.88 Å². The van der Waals surface area contributed by atoms with Crippen LogP contribution in [0.2, 0.25) is 0 Å². The molecule has 1 aliphatic heterocycles. The van der Waals surface area contributed by atoms with Crippen LogP contribution in [-0.2, 0) is 0 Å². The average molecular weight is 352 g/mol. The van der Waals surface area contributed by atoms with Gasteiger partial charge in [0.25, 0.3) is 5.91 Å². The molecule has 6 heteroatoms. The Morgan fingerprint density at radius 2 is 1.88 bits per heavy atom. The van der Waals surface area contributed by atoms with Crippen LogP contribution in [0.15, 0.2) is 42.6 Å². The minimum Gasteiger partial charge on any atom is -0.353 e. The van der Waals surface area contributed by atoms with Crippen LogP contribution in [0.1, 0.15) is 21.0 Å². The van der Waals surface area contributed by atoms with Crippen molar-refractivity contribution in [2.24, 2.45) is 0 Å². The first-order chi connectivity index (χ1) is 12.2. The second-order valence-electron chi connectivity index (χ2n) is 6.26. The zero-order chi connectivity index (χ0) is 17.2. The predicted octanol–water partition coefficient (Wildman–Crippen LogP) is 3.35. The molecule has 0 atom stereocenters. The first kappa shape index (κ1) is 16.0. The lowest BCUT2D eigenvalue weighted by Gasteiger charge is -2.22. The number of thiophene rings is 1. The molecule has 2 aromatic heterocycles. The topological polar surface area (TPSA) is 49.3 Å². The van der Waals surface area contributed by atoms with Gasteiger partial charge >= 0.3 is 0 Å². The number of anilines is 1. The van der Waals surface area contributed by atoms with E-state index in [1.165, 1.54) is 4.88 Å². The standard InChI is InChI=1S/C19H20N4OS/c1-14-7-8-17(25-14)19(24)23-10-4-9-22(11-12-23)18-13-20-15-5-2-3-6-16(15)21-18/h2-3,5-8,13H,4,9-12H2,1H3. The van der Waals surface area contributed by atoms with Crippen LogP contribution in [0.25, 0.3) is 11.0 Å². The monoisotopic (exact) mass is 352 g/mol. The normalized spacial score (nSPS) is 15.4. The highest BCUT2D eigenvalue weighted by Gasteiger charge is 2.22. The third-order valence-electron chi connectivity index (χ3n) is 4.49. The number of nitrogens with zero attached hydrogens (tertiary/aromatic N) is 4. The zero-order valence-electron chi connectivity index (χ0n) is 14.2. The van der Waals surface area contributed by atoms with Crippen molar-refractivity contribution in [3.8, 4) is 0 Å². The van der Waals surface area contributed by atoms with Gasteiger partial charge in [-0.15, -0.1) is 11.3 Å². The number of amides is 1. The van der Waals surface area contributed by atoms with E-state index in [0.29, 0.717) is 6.54 Å². The van der Waals surface area contributed by atoms with Gasteiger partial charge < -0.3 is 9.80 Å². The molecule has 128 valence electrons. The van der Waals surface area contributed by atoms with Crippen molar-refractivity contribution in [3.05, 3.63) is 52.3 Å². The van der Waals surface area contributed by atoms with Gasteiger partial charge in [0.2, 0.25) is 0 Å². The molecule has 0 bridgehead atoms. The first-order valence-electron chi connectivity index (χ1n) is 8.53. The molecule has 5 nitrogen and oxygen atoms in total. The van der Waals surface area contributed by atoms with E-state index in [1.807, 2.05) is 54.4 Å². The van der Waals surface area contributed by atoms with Gasteiger partial charge in [-0.2, -0.15) is 0 Å². The molecule has 0 spiro atoms. The Morgan fingerprint density at radius 3 is 2.68 bits per heavy atom. The molecule has 1 aromatic carbocycles. The molecule has 1 aliphatic rings. The van der Waals surface area contributed by atoms with Gasteiger partial charge in [-0.05, 0) is 37.6 Å². The second-order valence-corrected chi connectivity index (χ2v) is 7.55. The van der Waals surface area contributed by atoms with E-state index < -0.39 is 0 Å². The molecule has 0 saturated carbocycles. The summed E-state index contributed by atoms with van der Waals surface area (Å²) < 4.78 is 0. The lowest BCUT2D eigenvalue weighted by molar-refractivity contribution is 0.0772. The van der Waals surface area contributed by atoms with Crippen LogP contribution in [-0.4, -0.2) is 47.0 Å². The molecule has 4 rings (SSSR count). The summed E-state index contributed by atoms with van der Waals surface area (Å²) in [6.07, 6.45) is 2.77. The summed E-state index contributed by atoms with van der Waals surface area (Å²) in [4.78, 5) is 28.1. The summed E-state index contributed by atoms with van der Waals surface area (Å²) in [5.74, 6) is 1.03. The molecule has 0 aliphatic carbocycles. The van der Waals surface area contributed by atoms with Crippen molar-refractivity contribution in [1.82, 2.24) is 14.9 Å². The fourth-order valence-corrected chi connectivity index (χ4v) is 3.99. The minimum absolute atomic E-state index is 0.143. The summed E-state index contributed by atoms with van der Waals surface area (Å²) in [7, 11) is 0. The smallest absolute Gasteiger partial charge is 0.263 e. The largest absolute Gasteiger partial charge is 0.353 e. The zero-order valence-corrected chi connectivity index (χ0v) is 15.0. The van der Waals surface area contributed by atoms with Crippen LogP contribution >= 0.6 is 11.3 Å². The maximum atomic E-state index is 12.7. The number of carbonyl (C=O) groups is 1. The Labute approximate surface area is 150 Å². The van der Waals surface area contributed by atoms with Gasteiger partial charge in [-0.25, -0.2) is 4.98 Å². The summed E-state index contributed by atoms with van der Waals surface area (Å²) in [5, 5.41) is 0. The number of rotatable bonds is 2. The molecule has 0 N–H and O–H groups in total.